The fraction of sp³-hybridized carbons (Fsp3) is 0.0690. The Hall–Kier alpha value is -4.67. The SMILES string of the molecule is CCn1c2ccccc2c2cc(N/C=C(\C#N)c3nc(-c4cc5ccccc5oc4=O)cs3)ccc21. The van der Waals surface area contributed by atoms with E-state index in [9.17, 15) is 10.1 Å². The van der Waals surface area contributed by atoms with E-state index in [1.54, 1.807) is 23.7 Å². The van der Waals surface area contributed by atoms with Crippen LogP contribution < -0.4 is 10.9 Å². The van der Waals surface area contributed by atoms with E-state index in [-0.39, 0.29) is 0 Å². The van der Waals surface area contributed by atoms with Crippen LogP contribution >= 0.6 is 11.3 Å². The largest absolute Gasteiger partial charge is 0.422 e. The zero-order chi connectivity index (χ0) is 24.6. The second-order valence-corrected chi connectivity index (χ2v) is 9.19. The van der Waals surface area contributed by atoms with Crippen molar-refractivity contribution in [3.05, 3.63) is 99.8 Å². The van der Waals surface area contributed by atoms with Crippen molar-refractivity contribution in [3.8, 4) is 17.3 Å². The Morgan fingerprint density at radius 3 is 2.75 bits per heavy atom. The van der Waals surface area contributed by atoms with Crippen LogP contribution in [0, 0.1) is 11.3 Å². The first-order valence-electron chi connectivity index (χ1n) is 11.5. The molecule has 3 aromatic heterocycles. The summed E-state index contributed by atoms with van der Waals surface area (Å²) in [6.45, 7) is 3.03. The van der Waals surface area contributed by atoms with Gasteiger partial charge in [0.05, 0.1) is 11.3 Å². The van der Waals surface area contributed by atoms with Gasteiger partial charge in [-0.1, -0.05) is 36.4 Å². The van der Waals surface area contributed by atoms with Gasteiger partial charge in [-0.2, -0.15) is 5.26 Å². The lowest BCUT2D eigenvalue weighted by Crippen LogP contribution is -2.02. The fourth-order valence-corrected chi connectivity index (χ4v) is 5.33. The van der Waals surface area contributed by atoms with Crippen molar-refractivity contribution in [3.63, 3.8) is 0 Å². The predicted molar refractivity (Wildman–Crippen MR) is 146 cm³/mol. The second-order valence-electron chi connectivity index (χ2n) is 8.33. The van der Waals surface area contributed by atoms with E-state index in [1.807, 2.05) is 30.3 Å². The van der Waals surface area contributed by atoms with E-state index in [2.05, 4.69) is 58.2 Å². The first-order chi connectivity index (χ1) is 17.7. The molecule has 6 aromatic rings. The van der Waals surface area contributed by atoms with Gasteiger partial charge in [0.15, 0.2) is 0 Å². The third-order valence-electron chi connectivity index (χ3n) is 6.24. The summed E-state index contributed by atoms with van der Waals surface area (Å²) in [6, 6.07) is 25.9. The van der Waals surface area contributed by atoms with Gasteiger partial charge in [-0.15, -0.1) is 11.3 Å². The van der Waals surface area contributed by atoms with Gasteiger partial charge >= 0.3 is 5.63 Å². The number of benzene rings is 3. The third-order valence-corrected chi connectivity index (χ3v) is 7.12. The molecule has 0 saturated carbocycles. The van der Waals surface area contributed by atoms with Crippen molar-refractivity contribution in [1.29, 1.82) is 5.26 Å². The summed E-state index contributed by atoms with van der Waals surface area (Å²) < 4.78 is 7.74. The zero-order valence-electron chi connectivity index (χ0n) is 19.4. The van der Waals surface area contributed by atoms with E-state index in [0.717, 1.165) is 23.0 Å². The first-order valence-corrected chi connectivity index (χ1v) is 12.4. The van der Waals surface area contributed by atoms with Crippen LogP contribution in [0.1, 0.15) is 11.9 Å². The molecule has 0 spiro atoms. The van der Waals surface area contributed by atoms with Crippen LogP contribution in [-0.2, 0) is 6.54 Å². The van der Waals surface area contributed by atoms with Crippen molar-refractivity contribution in [2.24, 2.45) is 0 Å². The Morgan fingerprint density at radius 2 is 1.89 bits per heavy atom. The molecule has 6 rings (SSSR count). The van der Waals surface area contributed by atoms with Gasteiger partial charge in [0.1, 0.15) is 22.2 Å². The number of thiazole rings is 1. The molecule has 0 aliphatic rings. The van der Waals surface area contributed by atoms with E-state index in [0.29, 0.717) is 27.4 Å². The second kappa shape index (κ2) is 8.84. The highest BCUT2D eigenvalue weighted by atomic mass is 32.1. The molecule has 0 saturated heterocycles. The summed E-state index contributed by atoms with van der Waals surface area (Å²) in [5.74, 6) is 0. The molecule has 174 valence electrons. The molecule has 6 nitrogen and oxygen atoms in total. The topological polar surface area (TPSA) is 83.8 Å². The summed E-state index contributed by atoms with van der Waals surface area (Å²) in [7, 11) is 0. The zero-order valence-corrected chi connectivity index (χ0v) is 20.2. The molecule has 1 N–H and O–H groups in total. The Morgan fingerprint density at radius 1 is 1.08 bits per heavy atom. The average molecular weight is 489 g/mol. The molecule has 7 heteroatoms. The Balaban J connectivity index is 1.33. The van der Waals surface area contributed by atoms with Gasteiger partial charge in [0.25, 0.3) is 0 Å². The van der Waals surface area contributed by atoms with Gasteiger partial charge in [-0.3, -0.25) is 0 Å². The highest BCUT2D eigenvalue weighted by Gasteiger charge is 2.14. The summed E-state index contributed by atoms with van der Waals surface area (Å²) in [6.07, 6.45) is 1.66. The van der Waals surface area contributed by atoms with E-state index in [4.69, 9.17) is 4.42 Å². The Bertz CT molecular complexity index is 1900. The van der Waals surface area contributed by atoms with Gasteiger partial charge in [0, 0.05) is 51.0 Å². The Kier molecular flexibility index (Phi) is 5.36. The number of aryl methyl sites for hydroxylation is 1. The number of para-hydroxylation sites is 2. The van der Waals surface area contributed by atoms with Crippen molar-refractivity contribution in [2.75, 3.05) is 5.32 Å². The molecule has 0 fully saturated rings. The minimum absolute atomic E-state index is 0.374. The van der Waals surface area contributed by atoms with E-state index in [1.165, 1.54) is 27.8 Å². The molecule has 0 unspecified atom stereocenters. The number of hydrogen-bond donors (Lipinski definition) is 1. The minimum atomic E-state index is -0.453. The smallest absolute Gasteiger partial charge is 0.345 e. The number of nitrogens with zero attached hydrogens (tertiary/aromatic N) is 3. The lowest BCUT2D eigenvalue weighted by molar-refractivity contribution is 0.563. The molecule has 0 amide bonds. The maximum absolute atomic E-state index is 12.5. The quantitative estimate of drug-likeness (QED) is 0.208. The summed E-state index contributed by atoms with van der Waals surface area (Å²) in [4.78, 5) is 17.1. The molecule has 0 radical (unpaired) electrons. The van der Waals surface area contributed by atoms with E-state index >= 15 is 0 Å². The van der Waals surface area contributed by atoms with Crippen molar-refractivity contribution in [2.45, 2.75) is 13.5 Å². The monoisotopic (exact) mass is 488 g/mol. The highest BCUT2D eigenvalue weighted by Crippen LogP contribution is 2.31. The highest BCUT2D eigenvalue weighted by molar-refractivity contribution is 7.11. The van der Waals surface area contributed by atoms with Gasteiger partial charge < -0.3 is 14.3 Å². The van der Waals surface area contributed by atoms with Gasteiger partial charge in [-0.05, 0) is 43.3 Å². The standard InChI is InChI=1S/C29H20N4O2S/c1-2-33-25-9-5-4-8-21(25)22-14-20(11-12-26(22)33)31-16-19(15-30)28-32-24(17-36-28)23-13-18-7-3-6-10-27(18)35-29(23)34/h3-14,16-17,31H,2H2,1H3/b19-16+. The molecular weight excluding hydrogens is 468 g/mol. The first kappa shape index (κ1) is 21.8. The molecule has 0 aliphatic heterocycles. The molecule has 3 heterocycles. The number of nitrogens with one attached hydrogen (secondary N) is 1. The number of aromatic nitrogens is 2. The minimum Gasteiger partial charge on any atom is -0.422 e. The van der Waals surface area contributed by atoms with Crippen molar-refractivity contribution < 1.29 is 4.42 Å². The average Bonchev–Trinajstić information content (AvgIpc) is 3.51. The van der Waals surface area contributed by atoms with Crippen LogP contribution in [0.5, 0.6) is 0 Å². The van der Waals surface area contributed by atoms with Crippen molar-refractivity contribution >= 4 is 55.4 Å². The number of rotatable bonds is 5. The lowest BCUT2D eigenvalue weighted by atomic mass is 10.1. The van der Waals surface area contributed by atoms with Crippen LogP contribution in [0.15, 0.2) is 93.6 Å². The molecule has 3 aromatic carbocycles. The maximum Gasteiger partial charge on any atom is 0.345 e. The van der Waals surface area contributed by atoms with Crippen LogP contribution in [-0.4, -0.2) is 9.55 Å². The summed E-state index contributed by atoms with van der Waals surface area (Å²) in [5.41, 5.74) is 4.58. The summed E-state index contributed by atoms with van der Waals surface area (Å²) >= 11 is 1.31. The molecule has 36 heavy (non-hydrogen) atoms. The lowest BCUT2D eigenvalue weighted by Gasteiger charge is -2.05. The molecular formula is C29H20N4O2S. The molecule has 0 bridgehead atoms. The maximum atomic E-state index is 12.5. The number of hydrogen-bond acceptors (Lipinski definition) is 6. The van der Waals surface area contributed by atoms with Crippen LogP contribution in [0.2, 0.25) is 0 Å². The van der Waals surface area contributed by atoms with Crippen molar-refractivity contribution in [1.82, 2.24) is 9.55 Å². The Labute approximate surface area is 210 Å². The van der Waals surface area contributed by atoms with Gasteiger partial charge in [0.2, 0.25) is 0 Å². The fourth-order valence-electron chi connectivity index (χ4n) is 4.54. The van der Waals surface area contributed by atoms with Crippen LogP contribution in [0.4, 0.5) is 5.69 Å². The number of allylic oxidation sites excluding steroid dienone is 1. The number of fused-ring (bicyclic) bond motifs is 4. The van der Waals surface area contributed by atoms with Gasteiger partial charge in [-0.25, -0.2) is 9.78 Å². The summed E-state index contributed by atoms with van der Waals surface area (Å²) in [5, 5.41) is 18.5. The number of nitriles is 1. The predicted octanol–water partition coefficient (Wildman–Crippen LogP) is 7.02. The molecule has 0 aliphatic carbocycles. The van der Waals surface area contributed by atoms with E-state index < -0.39 is 5.63 Å². The third kappa shape index (κ3) is 3.65. The van der Waals surface area contributed by atoms with Crippen LogP contribution in [0.25, 0.3) is 49.6 Å². The number of anilines is 1. The normalized spacial score (nSPS) is 11.8. The van der Waals surface area contributed by atoms with Crippen LogP contribution in [0.3, 0.4) is 0 Å². The molecule has 0 atom stereocenters.